The van der Waals surface area contributed by atoms with Gasteiger partial charge in [0.2, 0.25) is 11.8 Å². The molecule has 1 aromatic carbocycles. The van der Waals surface area contributed by atoms with Gasteiger partial charge in [0.05, 0.1) is 11.6 Å². The van der Waals surface area contributed by atoms with Crippen molar-refractivity contribution in [3.05, 3.63) is 35.4 Å². The second-order valence-corrected chi connectivity index (χ2v) is 6.63. The van der Waals surface area contributed by atoms with Gasteiger partial charge in [-0.25, -0.2) is 0 Å². The third kappa shape index (κ3) is 4.35. The molecule has 0 aromatic heterocycles. The number of carbonyl (C=O) groups excluding carboxylic acids is 2. The Labute approximate surface area is 149 Å². The Hall–Kier alpha value is -2.09. The summed E-state index contributed by atoms with van der Waals surface area (Å²) in [5.41, 5.74) is -0.454. The highest BCUT2D eigenvalue weighted by Crippen LogP contribution is 2.31. The topological polar surface area (TPSA) is 58.6 Å². The fourth-order valence-corrected chi connectivity index (χ4v) is 3.33. The van der Waals surface area contributed by atoms with Gasteiger partial charge in [0.15, 0.2) is 0 Å². The maximum Gasteiger partial charge on any atom is 0.416 e. The summed E-state index contributed by atoms with van der Waals surface area (Å²) >= 11 is 0. The van der Waals surface area contributed by atoms with Crippen LogP contribution in [0.25, 0.3) is 0 Å². The number of rotatable bonds is 5. The predicted octanol–water partition coefficient (Wildman–Crippen LogP) is 2.66. The van der Waals surface area contributed by atoms with Crippen molar-refractivity contribution in [1.82, 2.24) is 10.2 Å². The molecule has 26 heavy (non-hydrogen) atoms. The molecule has 1 N–H and O–H groups in total. The number of nitrogens with one attached hydrogen (secondary N) is 1. The van der Waals surface area contributed by atoms with Gasteiger partial charge in [-0.15, -0.1) is 0 Å². The van der Waals surface area contributed by atoms with E-state index < -0.39 is 23.9 Å². The van der Waals surface area contributed by atoms with Crippen LogP contribution < -0.4 is 5.32 Å². The third-order valence-electron chi connectivity index (χ3n) is 4.73. The summed E-state index contributed by atoms with van der Waals surface area (Å²) in [4.78, 5) is 25.9. The lowest BCUT2D eigenvalue weighted by molar-refractivity contribution is -0.137. The minimum absolute atomic E-state index is 0.0478. The summed E-state index contributed by atoms with van der Waals surface area (Å²) in [6.07, 6.45) is -2.55. The SMILES string of the molecule is O=C(NC(CN1CCCC1=O)c1cccc(C(F)(F)F)c1)C1CCCO1. The Bertz CT molecular complexity index is 672. The number of ether oxygens (including phenoxy) is 1. The van der Waals surface area contributed by atoms with Crippen molar-refractivity contribution in [2.75, 3.05) is 19.7 Å². The molecule has 2 heterocycles. The summed E-state index contributed by atoms with van der Waals surface area (Å²) < 4.78 is 44.5. The number of likely N-dealkylation sites (tertiary alicyclic amines) is 1. The quantitative estimate of drug-likeness (QED) is 0.867. The molecule has 0 spiro atoms. The Kier molecular flexibility index (Phi) is 5.50. The van der Waals surface area contributed by atoms with E-state index in [2.05, 4.69) is 5.32 Å². The number of hydrogen-bond donors (Lipinski definition) is 1. The van der Waals surface area contributed by atoms with Gasteiger partial charge in [-0.2, -0.15) is 13.2 Å². The Morgan fingerprint density at radius 3 is 2.77 bits per heavy atom. The lowest BCUT2D eigenvalue weighted by Gasteiger charge is -2.26. The number of amides is 2. The van der Waals surface area contributed by atoms with E-state index in [0.717, 1.165) is 18.6 Å². The zero-order valence-corrected chi connectivity index (χ0v) is 14.2. The molecule has 3 rings (SSSR count). The number of hydrogen-bond acceptors (Lipinski definition) is 3. The zero-order valence-electron chi connectivity index (χ0n) is 14.2. The van der Waals surface area contributed by atoms with Crippen molar-refractivity contribution < 1.29 is 27.5 Å². The first-order valence-electron chi connectivity index (χ1n) is 8.71. The first-order valence-corrected chi connectivity index (χ1v) is 8.71. The molecule has 2 aliphatic heterocycles. The molecule has 0 saturated carbocycles. The molecule has 0 aliphatic carbocycles. The molecule has 0 radical (unpaired) electrons. The van der Waals surface area contributed by atoms with Crippen LogP contribution in [0.4, 0.5) is 13.2 Å². The molecule has 2 saturated heterocycles. The maximum atomic E-state index is 13.0. The highest BCUT2D eigenvalue weighted by molar-refractivity contribution is 5.82. The second kappa shape index (κ2) is 7.65. The monoisotopic (exact) mass is 370 g/mol. The molecule has 2 fully saturated rings. The number of nitrogens with zero attached hydrogens (tertiary/aromatic N) is 1. The van der Waals surface area contributed by atoms with Crippen molar-refractivity contribution in [2.45, 2.75) is 44.0 Å². The number of benzene rings is 1. The zero-order chi connectivity index (χ0) is 18.7. The van der Waals surface area contributed by atoms with Gasteiger partial charge < -0.3 is 15.0 Å². The average Bonchev–Trinajstić information content (AvgIpc) is 3.26. The van der Waals surface area contributed by atoms with E-state index in [1.807, 2.05) is 0 Å². The van der Waals surface area contributed by atoms with Crippen molar-refractivity contribution in [3.63, 3.8) is 0 Å². The number of halogens is 3. The van der Waals surface area contributed by atoms with E-state index in [4.69, 9.17) is 4.74 Å². The maximum absolute atomic E-state index is 13.0. The summed E-state index contributed by atoms with van der Waals surface area (Å²) in [5.74, 6) is -0.398. The molecule has 2 amide bonds. The third-order valence-corrected chi connectivity index (χ3v) is 4.73. The largest absolute Gasteiger partial charge is 0.416 e. The molecule has 0 bridgehead atoms. The van der Waals surface area contributed by atoms with Crippen LogP contribution in [0.3, 0.4) is 0 Å². The van der Waals surface area contributed by atoms with E-state index in [-0.39, 0.29) is 18.4 Å². The summed E-state index contributed by atoms with van der Waals surface area (Å²) in [5, 5.41) is 2.78. The van der Waals surface area contributed by atoms with E-state index in [0.29, 0.717) is 38.0 Å². The fourth-order valence-electron chi connectivity index (χ4n) is 3.33. The van der Waals surface area contributed by atoms with Crippen molar-refractivity contribution >= 4 is 11.8 Å². The van der Waals surface area contributed by atoms with E-state index in [1.54, 1.807) is 4.90 Å². The fraction of sp³-hybridized carbons (Fsp3) is 0.556. The average molecular weight is 370 g/mol. The summed E-state index contributed by atoms with van der Waals surface area (Å²) in [7, 11) is 0. The smallest absolute Gasteiger partial charge is 0.368 e. The summed E-state index contributed by atoms with van der Waals surface area (Å²) in [6, 6.07) is 4.16. The van der Waals surface area contributed by atoms with Crippen LogP contribution >= 0.6 is 0 Å². The normalized spacial score (nSPS) is 21.9. The van der Waals surface area contributed by atoms with Crippen molar-refractivity contribution in [2.24, 2.45) is 0 Å². The minimum atomic E-state index is -4.47. The van der Waals surface area contributed by atoms with Crippen LogP contribution in [0, 0.1) is 0 Å². The van der Waals surface area contributed by atoms with Crippen LogP contribution in [0.2, 0.25) is 0 Å². The predicted molar refractivity (Wildman–Crippen MR) is 87.1 cm³/mol. The molecule has 2 aliphatic rings. The number of carbonyl (C=O) groups is 2. The first kappa shape index (κ1) is 18.7. The molecular weight excluding hydrogens is 349 g/mol. The van der Waals surface area contributed by atoms with Crippen LogP contribution in [0.5, 0.6) is 0 Å². The summed E-state index contributed by atoms with van der Waals surface area (Å²) in [6.45, 7) is 1.19. The van der Waals surface area contributed by atoms with Gasteiger partial charge in [-0.1, -0.05) is 12.1 Å². The first-order chi connectivity index (χ1) is 12.3. The van der Waals surface area contributed by atoms with E-state index in [1.165, 1.54) is 12.1 Å². The van der Waals surface area contributed by atoms with Gasteiger partial charge in [-0.3, -0.25) is 9.59 Å². The van der Waals surface area contributed by atoms with Crippen LogP contribution in [-0.4, -0.2) is 42.5 Å². The Morgan fingerprint density at radius 1 is 1.35 bits per heavy atom. The van der Waals surface area contributed by atoms with Crippen LogP contribution in [0.15, 0.2) is 24.3 Å². The van der Waals surface area contributed by atoms with Crippen LogP contribution in [-0.2, 0) is 20.5 Å². The highest BCUT2D eigenvalue weighted by atomic mass is 19.4. The molecule has 5 nitrogen and oxygen atoms in total. The Morgan fingerprint density at radius 2 is 2.15 bits per heavy atom. The lowest BCUT2D eigenvalue weighted by atomic mass is 10.0. The standard InChI is InChI=1S/C18H21F3N2O3/c19-18(20,21)13-5-1-4-12(10-13)14(11-23-8-2-7-16(23)24)22-17(25)15-6-3-9-26-15/h1,4-5,10,14-15H,2-3,6-9,11H2,(H,22,25). The van der Waals surface area contributed by atoms with Gasteiger partial charge >= 0.3 is 6.18 Å². The van der Waals surface area contributed by atoms with Gasteiger partial charge in [0, 0.05) is 26.1 Å². The molecular formula is C18H21F3N2O3. The second-order valence-electron chi connectivity index (χ2n) is 6.63. The Balaban J connectivity index is 1.81. The van der Waals surface area contributed by atoms with Crippen molar-refractivity contribution in [1.29, 1.82) is 0 Å². The molecule has 2 atom stereocenters. The van der Waals surface area contributed by atoms with E-state index >= 15 is 0 Å². The van der Waals surface area contributed by atoms with E-state index in [9.17, 15) is 22.8 Å². The number of alkyl halides is 3. The highest BCUT2D eigenvalue weighted by Gasteiger charge is 2.33. The van der Waals surface area contributed by atoms with Gasteiger partial charge in [-0.05, 0) is 37.0 Å². The lowest BCUT2D eigenvalue weighted by Crippen LogP contribution is -2.42. The minimum Gasteiger partial charge on any atom is -0.368 e. The van der Waals surface area contributed by atoms with Gasteiger partial charge in [0.1, 0.15) is 6.10 Å². The molecule has 8 heteroatoms. The van der Waals surface area contributed by atoms with Crippen molar-refractivity contribution in [3.8, 4) is 0 Å². The molecule has 1 aromatic rings. The molecule has 142 valence electrons. The molecule has 2 unspecified atom stereocenters. The van der Waals surface area contributed by atoms with Crippen LogP contribution in [0.1, 0.15) is 42.9 Å². The van der Waals surface area contributed by atoms with Gasteiger partial charge in [0.25, 0.3) is 0 Å².